The molecular formula is C4H2FN2. The molecule has 0 saturated carbocycles. The molecule has 0 aliphatic rings. The summed E-state index contributed by atoms with van der Waals surface area (Å²) < 4.78 is 11.7. The van der Waals surface area contributed by atoms with E-state index in [0.29, 0.717) is 0 Å². The van der Waals surface area contributed by atoms with Crippen molar-refractivity contribution in [3.8, 4) is 0 Å². The molecule has 0 aliphatic heterocycles. The molecule has 0 bridgehead atoms. The number of hydrogen-bond donors (Lipinski definition) is 0. The standard InChI is InChI=1S/C4H2FN2/c5-4-3-6-1-2-7-4/h1,3H. The first-order chi connectivity index (χ1) is 3.39. The van der Waals surface area contributed by atoms with Gasteiger partial charge in [-0.05, 0) is 0 Å². The van der Waals surface area contributed by atoms with E-state index < -0.39 is 5.95 Å². The highest BCUT2D eigenvalue weighted by atomic mass is 19.1. The second-order valence-electron chi connectivity index (χ2n) is 0.971. The van der Waals surface area contributed by atoms with Crippen molar-refractivity contribution in [2.45, 2.75) is 0 Å². The third kappa shape index (κ3) is 0.924. The van der Waals surface area contributed by atoms with Crippen LogP contribution in [0.2, 0.25) is 0 Å². The summed E-state index contributed by atoms with van der Waals surface area (Å²) >= 11 is 0. The highest BCUT2D eigenvalue weighted by Crippen LogP contribution is 1.80. The lowest BCUT2D eigenvalue weighted by atomic mass is 10.8. The first-order valence-electron chi connectivity index (χ1n) is 1.73. The summed E-state index contributed by atoms with van der Waals surface area (Å²) in [7, 11) is 0. The van der Waals surface area contributed by atoms with Crippen LogP contribution in [-0.2, 0) is 0 Å². The molecule has 1 aromatic rings. The van der Waals surface area contributed by atoms with Gasteiger partial charge in [-0.1, -0.05) is 0 Å². The Bertz CT molecular complexity index is 140. The van der Waals surface area contributed by atoms with Crippen molar-refractivity contribution in [3.05, 3.63) is 24.5 Å². The van der Waals surface area contributed by atoms with Gasteiger partial charge in [-0.2, -0.15) is 4.39 Å². The zero-order valence-corrected chi connectivity index (χ0v) is 3.43. The molecule has 0 unspecified atom stereocenters. The van der Waals surface area contributed by atoms with Gasteiger partial charge in [0.15, 0.2) is 0 Å². The van der Waals surface area contributed by atoms with Crippen molar-refractivity contribution in [3.63, 3.8) is 0 Å². The first kappa shape index (κ1) is 4.18. The van der Waals surface area contributed by atoms with Crippen molar-refractivity contribution in [2.24, 2.45) is 0 Å². The van der Waals surface area contributed by atoms with Gasteiger partial charge >= 0.3 is 0 Å². The van der Waals surface area contributed by atoms with Crippen LogP contribution in [0.4, 0.5) is 4.39 Å². The Morgan fingerprint density at radius 1 is 1.71 bits per heavy atom. The number of rotatable bonds is 0. The fraction of sp³-hybridized carbons (Fsp3) is 0. The van der Waals surface area contributed by atoms with Gasteiger partial charge in [-0.3, -0.25) is 4.98 Å². The molecule has 1 heterocycles. The molecule has 0 aliphatic carbocycles. The van der Waals surface area contributed by atoms with Crippen LogP contribution >= 0.6 is 0 Å². The third-order valence-corrected chi connectivity index (χ3v) is 0.485. The minimum atomic E-state index is -0.595. The molecule has 1 aromatic heterocycles. The van der Waals surface area contributed by atoms with Crippen LogP contribution in [0.5, 0.6) is 0 Å². The van der Waals surface area contributed by atoms with Crippen LogP contribution < -0.4 is 0 Å². The second-order valence-corrected chi connectivity index (χ2v) is 0.971. The summed E-state index contributed by atoms with van der Waals surface area (Å²) in [6.07, 6.45) is 4.54. The van der Waals surface area contributed by atoms with Crippen LogP contribution in [0.15, 0.2) is 12.4 Å². The van der Waals surface area contributed by atoms with E-state index in [9.17, 15) is 4.39 Å². The Morgan fingerprint density at radius 3 is 2.86 bits per heavy atom. The lowest BCUT2D eigenvalue weighted by Gasteiger charge is -1.76. The fourth-order valence-electron chi connectivity index (χ4n) is 0.252. The molecule has 0 aromatic carbocycles. The van der Waals surface area contributed by atoms with Crippen molar-refractivity contribution in [1.82, 2.24) is 9.97 Å². The topological polar surface area (TPSA) is 25.8 Å². The minimum Gasteiger partial charge on any atom is -0.258 e. The molecule has 0 fully saturated rings. The predicted octanol–water partition coefficient (Wildman–Crippen LogP) is 0.416. The molecule has 0 spiro atoms. The Balaban J connectivity index is 3.02. The molecule has 0 saturated heterocycles. The summed E-state index contributed by atoms with van der Waals surface area (Å²) in [5.74, 6) is -0.595. The Morgan fingerprint density at radius 2 is 2.57 bits per heavy atom. The van der Waals surface area contributed by atoms with Gasteiger partial charge < -0.3 is 0 Å². The van der Waals surface area contributed by atoms with E-state index in [1.54, 1.807) is 0 Å². The van der Waals surface area contributed by atoms with Gasteiger partial charge in [0.2, 0.25) is 5.95 Å². The molecular weight excluding hydrogens is 95.1 g/mol. The SMILES string of the molecule is Fc1cnc[c]n1. The Kier molecular flexibility index (Phi) is 0.978. The average molecular weight is 97.1 g/mol. The van der Waals surface area contributed by atoms with Crippen LogP contribution in [0, 0.1) is 12.1 Å². The molecule has 1 radical (unpaired) electrons. The molecule has 7 heavy (non-hydrogen) atoms. The van der Waals surface area contributed by atoms with Gasteiger partial charge in [-0.25, -0.2) is 4.98 Å². The van der Waals surface area contributed by atoms with Crippen molar-refractivity contribution < 1.29 is 4.39 Å². The van der Waals surface area contributed by atoms with E-state index in [1.807, 2.05) is 0 Å². The maximum atomic E-state index is 11.7. The highest BCUT2D eigenvalue weighted by molar-refractivity contribution is 4.73. The molecule has 0 amide bonds. The lowest BCUT2D eigenvalue weighted by Crippen LogP contribution is -1.79. The third-order valence-electron chi connectivity index (χ3n) is 0.485. The quantitative estimate of drug-likeness (QED) is 0.468. The van der Waals surface area contributed by atoms with Crippen LogP contribution in [0.25, 0.3) is 0 Å². The average Bonchev–Trinajstić information content (AvgIpc) is 1.69. The predicted molar refractivity (Wildman–Crippen MR) is 20.8 cm³/mol. The number of nitrogens with zero attached hydrogens (tertiary/aromatic N) is 2. The maximum absolute atomic E-state index is 11.7. The summed E-state index contributed by atoms with van der Waals surface area (Å²) in [6.45, 7) is 0. The summed E-state index contributed by atoms with van der Waals surface area (Å²) in [5.41, 5.74) is 0. The second kappa shape index (κ2) is 1.64. The van der Waals surface area contributed by atoms with Crippen LogP contribution in [0.1, 0.15) is 0 Å². The zero-order valence-electron chi connectivity index (χ0n) is 3.43. The number of aromatic nitrogens is 2. The van der Waals surface area contributed by atoms with E-state index in [-0.39, 0.29) is 0 Å². The van der Waals surface area contributed by atoms with E-state index in [2.05, 4.69) is 16.2 Å². The lowest BCUT2D eigenvalue weighted by molar-refractivity contribution is 0.575. The zero-order chi connectivity index (χ0) is 5.11. The Labute approximate surface area is 40.0 Å². The molecule has 1 rings (SSSR count). The van der Waals surface area contributed by atoms with E-state index in [0.717, 1.165) is 6.20 Å². The van der Waals surface area contributed by atoms with E-state index >= 15 is 0 Å². The van der Waals surface area contributed by atoms with Crippen molar-refractivity contribution in [1.29, 1.82) is 0 Å². The van der Waals surface area contributed by atoms with Gasteiger partial charge in [0, 0.05) is 0 Å². The molecule has 3 heteroatoms. The first-order valence-corrected chi connectivity index (χ1v) is 1.73. The van der Waals surface area contributed by atoms with Crippen LogP contribution in [0.3, 0.4) is 0 Å². The van der Waals surface area contributed by atoms with Gasteiger partial charge in [-0.15, -0.1) is 0 Å². The number of halogens is 1. The summed E-state index contributed by atoms with van der Waals surface area (Å²) in [6, 6.07) is 0. The normalized spacial score (nSPS) is 8.71. The summed E-state index contributed by atoms with van der Waals surface area (Å²) in [4.78, 5) is 6.52. The van der Waals surface area contributed by atoms with Gasteiger partial charge in [0.05, 0.1) is 12.4 Å². The van der Waals surface area contributed by atoms with Crippen LogP contribution in [-0.4, -0.2) is 9.97 Å². The van der Waals surface area contributed by atoms with Crippen molar-refractivity contribution in [2.75, 3.05) is 0 Å². The van der Waals surface area contributed by atoms with E-state index in [1.165, 1.54) is 6.20 Å². The molecule has 0 N–H and O–H groups in total. The minimum absolute atomic E-state index is 0.595. The summed E-state index contributed by atoms with van der Waals surface area (Å²) in [5, 5.41) is 0. The maximum Gasteiger partial charge on any atom is 0.231 e. The molecule has 0 atom stereocenters. The van der Waals surface area contributed by atoms with Gasteiger partial charge in [0.25, 0.3) is 0 Å². The van der Waals surface area contributed by atoms with E-state index in [4.69, 9.17) is 0 Å². The molecule has 35 valence electrons. The smallest absolute Gasteiger partial charge is 0.231 e. The highest BCUT2D eigenvalue weighted by Gasteiger charge is 1.80. The fourth-order valence-corrected chi connectivity index (χ4v) is 0.252. The monoisotopic (exact) mass is 97.0 g/mol. The molecule has 2 nitrogen and oxygen atoms in total. The Hall–Kier alpha value is -0.990. The number of hydrogen-bond acceptors (Lipinski definition) is 2. The largest absolute Gasteiger partial charge is 0.258 e. The van der Waals surface area contributed by atoms with Crippen molar-refractivity contribution >= 4 is 0 Å². The van der Waals surface area contributed by atoms with Gasteiger partial charge in [0.1, 0.15) is 6.20 Å².